The van der Waals surface area contributed by atoms with Gasteiger partial charge in [0.05, 0.1) is 33.5 Å². The lowest BCUT2D eigenvalue weighted by atomic mass is 10.0. The number of amides is 1. The summed E-state index contributed by atoms with van der Waals surface area (Å²) in [5.41, 5.74) is 1.51. The maximum Gasteiger partial charge on any atom is 0.255 e. The highest BCUT2D eigenvalue weighted by molar-refractivity contribution is 5.98. The van der Waals surface area contributed by atoms with E-state index in [0.717, 1.165) is 11.3 Å². The molecule has 25 heavy (non-hydrogen) atoms. The number of para-hydroxylation sites is 1. The molecule has 0 spiro atoms. The third kappa shape index (κ3) is 3.20. The monoisotopic (exact) mass is 343 g/mol. The number of carbonyl (C=O) groups excluding carboxylic acids is 1. The molecule has 6 heteroatoms. The lowest BCUT2D eigenvalue weighted by Crippen LogP contribution is -2.29. The summed E-state index contributed by atoms with van der Waals surface area (Å²) in [5, 5.41) is 2.95. The molecule has 0 unspecified atom stereocenters. The third-order valence-corrected chi connectivity index (χ3v) is 4.26. The summed E-state index contributed by atoms with van der Waals surface area (Å²) in [4.78, 5) is 12.6. The van der Waals surface area contributed by atoms with Gasteiger partial charge < -0.3 is 24.3 Å². The van der Waals surface area contributed by atoms with Crippen LogP contribution in [0.4, 0.5) is 0 Å². The SMILES string of the molecule is COc1ccc(C(=O)NC[C@H]2COc3ccccc32)c(OC)c1OC. The summed E-state index contributed by atoms with van der Waals surface area (Å²) in [6.45, 7) is 1.04. The van der Waals surface area contributed by atoms with Crippen LogP contribution in [-0.2, 0) is 0 Å². The Morgan fingerprint density at radius 2 is 1.84 bits per heavy atom. The first-order valence-corrected chi connectivity index (χ1v) is 7.98. The number of rotatable bonds is 6. The van der Waals surface area contributed by atoms with Crippen LogP contribution in [0.1, 0.15) is 21.8 Å². The number of nitrogens with one attached hydrogen (secondary N) is 1. The van der Waals surface area contributed by atoms with Crippen LogP contribution in [0.25, 0.3) is 0 Å². The van der Waals surface area contributed by atoms with Crippen molar-refractivity contribution in [2.45, 2.75) is 5.92 Å². The summed E-state index contributed by atoms with van der Waals surface area (Å²) in [7, 11) is 4.54. The second-order valence-electron chi connectivity index (χ2n) is 5.64. The average molecular weight is 343 g/mol. The number of hydrogen-bond donors (Lipinski definition) is 1. The molecule has 1 atom stereocenters. The quantitative estimate of drug-likeness (QED) is 0.873. The Morgan fingerprint density at radius 1 is 1.08 bits per heavy atom. The van der Waals surface area contributed by atoms with E-state index in [1.54, 1.807) is 12.1 Å². The van der Waals surface area contributed by atoms with Crippen LogP contribution >= 0.6 is 0 Å². The highest BCUT2D eigenvalue weighted by Crippen LogP contribution is 2.39. The molecule has 0 aromatic heterocycles. The predicted octanol–water partition coefficient (Wildman–Crippen LogP) is 2.62. The Balaban J connectivity index is 1.76. The summed E-state index contributed by atoms with van der Waals surface area (Å²) in [6, 6.07) is 11.2. The van der Waals surface area contributed by atoms with Crippen molar-refractivity contribution in [2.75, 3.05) is 34.5 Å². The Kier molecular flexibility index (Phi) is 4.97. The van der Waals surface area contributed by atoms with E-state index in [0.29, 0.717) is 36.0 Å². The van der Waals surface area contributed by atoms with Crippen LogP contribution in [0.15, 0.2) is 36.4 Å². The number of hydrogen-bond acceptors (Lipinski definition) is 5. The maximum atomic E-state index is 12.6. The van der Waals surface area contributed by atoms with E-state index in [2.05, 4.69) is 5.32 Å². The van der Waals surface area contributed by atoms with Gasteiger partial charge in [0.1, 0.15) is 5.75 Å². The molecule has 2 aromatic carbocycles. The third-order valence-electron chi connectivity index (χ3n) is 4.26. The van der Waals surface area contributed by atoms with Gasteiger partial charge in [0.15, 0.2) is 11.5 Å². The van der Waals surface area contributed by atoms with Gasteiger partial charge in [-0.15, -0.1) is 0 Å². The number of methoxy groups -OCH3 is 3. The fraction of sp³-hybridized carbons (Fsp3) is 0.316. The van der Waals surface area contributed by atoms with E-state index in [9.17, 15) is 4.79 Å². The molecule has 1 N–H and O–H groups in total. The molecule has 0 aliphatic carbocycles. The van der Waals surface area contributed by atoms with Gasteiger partial charge in [0.2, 0.25) is 5.75 Å². The van der Waals surface area contributed by atoms with Gasteiger partial charge in [0, 0.05) is 18.0 Å². The molecule has 1 aliphatic rings. The van der Waals surface area contributed by atoms with Gasteiger partial charge in [-0.1, -0.05) is 18.2 Å². The Labute approximate surface area is 146 Å². The fourth-order valence-electron chi connectivity index (χ4n) is 2.99. The van der Waals surface area contributed by atoms with E-state index >= 15 is 0 Å². The zero-order valence-corrected chi connectivity index (χ0v) is 14.5. The first-order valence-electron chi connectivity index (χ1n) is 7.98. The second-order valence-corrected chi connectivity index (χ2v) is 5.64. The van der Waals surface area contributed by atoms with Crippen molar-refractivity contribution >= 4 is 5.91 Å². The van der Waals surface area contributed by atoms with Crippen molar-refractivity contribution in [3.05, 3.63) is 47.5 Å². The maximum absolute atomic E-state index is 12.6. The van der Waals surface area contributed by atoms with Crippen LogP contribution < -0.4 is 24.3 Å². The van der Waals surface area contributed by atoms with Crippen molar-refractivity contribution in [1.29, 1.82) is 0 Å². The molecule has 0 saturated carbocycles. The largest absolute Gasteiger partial charge is 0.493 e. The molecule has 6 nitrogen and oxygen atoms in total. The number of ether oxygens (including phenoxy) is 4. The van der Waals surface area contributed by atoms with Gasteiger partial charge >= 0.3 is 0 Å². The molecular weight excluding hydrogens is 322 g/mol. The van der Waals surface area contributed by atoms with Gasteiger partial charge in [-0.25, -0.2) is 0 Å². The van der Waals surface area contributed by atoms with E-state index in [4.69, 9.17) is 18.9 Å². The number of fused-ring (bicyclic) bond motifs is 1. The molecule has 1 aliphatic heterocycles. The van der Waals surface area contributed by atoms with E-state index < -0.39 is 0 Å². The van der Waals surface area contributed by atoms with Crippen LogP contribution in [0.3, 0.4) is 0 Å². The first-order chi connectivity index (χ1) is 12.2. The zero-order valence-electron chi connectivity index (χ0n) is 14.5. The summed E-state index contributed by atoms with van der Waals surface area (Å²) < 4.78 is 21.6. The van der Waals surface area contributed by atoms with Gasteiger partial charge in [0.25, 0.3) is 5.91 Å². The predicted molar refractivity (Wildman–Crippen MR) is 93.1 cm³/mol. The topological polar surface area (TPSA) is 66.0 Å². The van der Waals surface area contributed by atoms with Crippen LogP contribution in [0, 0.1) is 0 Å². The van der Waals surface area contributed by atoms with Crippen molar-refractivity contribution in [1.82, 2.24) is 5.32 Å². The summed E-state index contributed by atoms with van der Waals surface area (Å²) >= 11 is 0. The Bertz CT molecular complexity index is 774. The zero-order chi connectivity index (χ0) is 17.8. The average Bonchev–Trinajstić information content (AvgIpc) is 3.07. The highest BCUT2D eigenvalue weighted by atomic mass is 16.5. The van der Waals surface area contributed by atoms with Gasteiger partial charge in [-0.2, -0.15) is 0 Å². The minimum atomic E-state index is -0.234. The Hall–Kier alpha value is -2.89. The second kappa shape index (κ2) is 7.34. The van der Waals surface area contributed by atoms with Gasteiger partial charge in [-0.3, -0.25) is 4.79 Å². The lowest BCUT2D eigenvalue weighted by molar-refractivity contribution is 0.0946. The molecule has 1 heterocycles. The summed E-state index contributed by atoms with van der Waals surface area (Å²) in [5.74, 6) is 2.03. The van der Waals surface area contributed by atoms with Crippen LogP contribution in [0.2, 0.25) is 0 Å². The number of benzene rings is 2. The molecule has 1 amide bonds. The molecule has 0 radical (unpaired) electrons. The van der Waals surface area contributed by atoms with Crippen LogP contribution in [0.5, 0.6) is 23.0 Å². The molecule has 2 aromatic rings. The van der Waals surface area contributed by atoms with E-state index in [1.165, 1.54) is 21.3 Å². The smallest absolute Gasteiger partial charge is 0.255 e. The minimum Gasteiger partial charge on any atom is -0.493 e. The minimum absolute atomic E-state index is 0.131. The fourth-order valence-corrected chi connectivity index (χ4v) is 2.99. The molecule has 3 rings (SSSR count). The van der Waals surface area contributed by atoms with Crippen LogP contribution in [-0.4, -0.2) is 40.4 Å². The normalized spacial score (nSPS) is 15.1. The Morgan fingerprint density at radius 3 is 2.56 bits per heavy atom. The molecule has 132 valence electrons. The molecule has 0 saturated heterocycles. The standard InChI is InChI=1S/C19H21NO5/c1-22-16-9-8-14(17(23-2)18(16)24-3)19(21)20-10-12-11-25-15-7-5-4-6-13(12)15/h4-9,12H,10-11H2,1-3H3,(H,20,21)/t12-/m0/s1. The van der Waals surface area contributed by atoms with E-state index in [1.807, 2.05) is 24.3 Å². The lowest BCUT2D eigenvalue weighted by Gasteiger charge is -2.16. The molecular formula is C19H21NO5. The highest BCUT2D eigenvalue weighted by Gasteiger charge is 2.25. The van der Waals surface area contributed by atoms with E-state index in [-0.39, 0.29) is 11.8 Å². The first kappa shape index (κ1) is 17.0. The number of carbonyl (C=O) groups is 1. The van der Waals surface area contributed by atoms with Crippen molar-refractivity contribution in [3.8, 4) is 23.0 Å². The molecule has 0 bridgehead atoms. The van der Waals surface area contributed by atoms with Crippen molar-refractivity contribution in [2.24, 2.45) is 0 Å². The van der Waals surface area contributed by atoms with Crippen molar-refractivity contribution in [3.63, 3.8) is 0 Å². The summed E-state index contributed by atoms with van der Waals surface area (Å²) in [6.07, 6.45) is 0. The van der Waals surface area contributed by atoms with Crippen molar-refractivity contribution < 1.29 is 23.7 Å². The van der Waals surface area contributed by atoms with Gasteiger partial charge in [-0.05, 0) is 18.2 Å². The molecule has 0 fully saturated rings.